The van der Waals surface area contributed by atoms with Crippen LogP contribution in [-0.2, 0) is 0 Å². The van der Waals surface area contributed by atoms with Crippen LogP contribution in [0.3, 0.4) is 0 Å². The molecule has 4 rings (SSSR count). The number of methoxy groups -OCH3 is 1. The maximum absolute atomic E-state index is 10.6. The first kappa shape index (κ1) is 15.0. The Kier molecular flexibility index (Phi) is 3.86. The number of anilines is 1. The number of fused-ring (bicyclic) bond motifs is 1. The van der Waals surface area contributed by atoms with Gasteiger partial charge >= 0.3 is 0 Å². The Morgan fingerprint density at radius 1 is 1.25 bits per heavy atom. The van der Waals surface area contributed by atoms with E-state index in [9.17, 15) is 5.11 Å². The number of nitrogens with zero attached hydrogens (tertiary/aromatic N) is 3. The largest absolute Gasteiger partial charge is 0.481 e. The molecule has 24 heavy (non-hydrogen) atoms. The fourth-order valence-corrected chi connectivity index (χ4v) is 3.24. The summed E-state index contributed by atoms with van der Waals surface area (Å²) in [7, 11) is 1.58. The number of aliphatic hydroxyl groups is 1. The fourth-order valence-electron chi connectivity index (χ4n) is 3.24. The van der Waals surface area contributed by atoms with Crippen molar-refractivity contribution in [1.82, 2.24) is 9.97 Å². The molecule has 0 radical (unpaired) electrons. The number of rotatable bonds is 3. The van der Waals surface area contributed by atoms with Crippen LogP contribution in [-0.4, -0.2) is 48.2 Å². The average molecular weight is 329 g/mol. The van der Waals surface area contributed by atoms with Gasteiger partial charge in [-0.1, -0.05) is 6.07 Å². The Hall–Kier alpha value is -2.54. The molecule has 7 heteroatoms. The topological polar surface area (TPSA) is 76.9 Å². The van der Waals surface area contributed by atoms with E-state index in [0.29, 0.717) is 18.4 Å². The molecule has 0 spiro atoms. The molecule has 0 unspecified atom stereocenters. The quantitative estimate of drug-likeness (QED) is 0.916. The SMILES string of the molecule is COc1ccnc(N2CC[C@@H](c3ccc4c(c3)OCO4)[C@H](O)C2)n1. The number of aliphatic hydroxyl groups excluding tert-OH is 1. The van der Waals surface area contributed by atoms with Gasteiger partial charge < -0.3 is 24.2 Å². The maximum Gasteiger partial charge on any atom is 0.231 e. The molecule has 0 aliphatic carbocycles. The number of hydrogen-bond acceptors (Lipinski definition) is 7. The van der Waals surface area contributed by atoms with Crippen molar-refractivity contribution in [3.63, 3.8) is 0 Å². The van der Waals surface area contributed by atoms with Gasteiger partial charge in [-0.05, 0) is 24.1 Å². The second-order valence-corrected chi connectivity index (χ2v) is 5.92. The van der Waals surface area contributed by atoms with Crippen LogP contribution in [0.25, 0.3) is 0 Å². The molecule has 3 heterocycles. The summed E-state index contributed by atoms with van der Waals surface area (Å²) < 4.78 is 15.9. The summed E-state index contributed by atoms with van der Waals surface area (Å²) in [5, 5.41) is 10.6. The highest BCUT2D eigenvalue weighted by molar-refractivity contribution is 5.46. The summed E-state index contributed by atoms with van der Waals surface area (Å²) in [4.78, 5) is 10.6. The fraction of sp³-hybridized carbons (Fsp3) is 0.412. The zero-order valence-electron chi connectivity index (χ0n) is 13.4. The summed E-state index contributed by atoms with van der Waals surface area (Å²) in [6, 6.07) is 7.58. The number of benzene rings is 1. The van der Waals surface area contributed by atoms with Crippen molar-refractivity contribution in [1.29, 1.82) is 0 Å². The van der Waals surface area contributed by atoms with Gasteiger partial charge in [-0.15, -0.1) is 0 Å². The Morgan fingerprint density at radius 3 is 2.96 bits per heavy atom. The van der Waals surface area contributed by atoms with Crippen LogP contribution in [0.2, 0.25) is 0 Å². The molecular weight excluding hydrogens is 310 g/mol. The van der Waals surface area contributed by atoms with Gasteiger partial charge in [0, 0.05) is 31.3 Å². The van der Waals surface area contributed by atoms with Crippen LogP contribution >= 0.6 is 0 Å². The third-order valence-corrected chi connectivity index (χ3v) is 4.52. The molecule has 1 aromatic carbocycles. The van der Waals surface area contributed by atoms with Crippen LogP contribution in [0.4, 0.5) is 5.95 Å². The molecule has 0 amide bonds. The monoisotopic (exact) mass is 329 g/mol. The van der Waals surface area contributed by atoms with Crippen molar-refractivity contribution in [2.45, 2.75) is 18.4 Å². The van der Waals surface area contributed by atoms with Gasteiger partial charge in [-0.25, -0.2) is 4.98 Å². The van der Waals surface area contributed by atoms with E-state index in [1.165, 1.54) is 0 Å². The van der Waals surface area contributed by atoms with E-state index in [0.717, 1.165) is 30.0 Å². The van der Waals surface area contributed by atoms with E-state index in [1.807, 2.05) is 23.1 Å². The molecule has 1 saturated heterocycles. The smallest absolute Gasteiger partial charge is 0.231 e. The second kappa shape index (κ2) is 6.16. The van der Waals surface area contributed by atoms with Crippen LogP contribution < -0.4 is 19.1 Å². The van der Waals surface area contributed by atoms with Crippen molar-refractivity contribution >= 4 is 5.95 Å². The molecule has 1 N–H and O–H groups in total. The lowest BCUT2D eigenvalue weighted by Gasteiger charge is -2.36. The summed E-state index contributed by atoms with van der Waals surface area (Å²) in [6.07, 6.45) is 1.97. The highest BCUT2D eigenvalue weighted by Gasteiger charge is 2.31. The van der Waals surface area contributed by atoms with Gasteiger partial charge in [0.25, 0.3) is 0 Å². The summed E-state index contributed by atoms with van der Waals surface area (Å²) in [5.74, 6) is 2.67. The number of ether oxygens (including phenoxy) is 3. The zero-order chi connectivity index (χ0) is 16.5. The summed E-state index contributed by atoms with van der Waals surface area (Å²) in [5.41, 5.74) is 1.07. The van der Waals surface area contributed by atoms with Crippen LogP contribution in [0.1, 0.15) is 17.9 Å². The maximum atomic E-state index is 10.6. The first-order valence-electron chi connectivity index (χ1n) is 7.94. The van der Waals surface area contributed by atoms with Crippen molar-refractivity contribution < 1.29 is 19.3 Å². The number of hydrogen-bond donors (Lipinski definition) is 1. The Balaban J connectivity index is 1.50. The number of aromatic nitrogens is 2. The second-order valence-electron chi connectivity index (χ2n) is 5.92. The molecule has 2 aliphatic heterocycles. The minimum absolute atomic E-state index is 0.0568. The molecule has 1 fully saturated rings. The van der Waals surface area contributed by atoms with E-state index < -0.39 is 6.10 Å². The van der Waals surface area contributed by atoms with Gasteiger partial charge in [0.05, 0.1) is 13.2 Å². The lowest BCUT2D eigenvalue weighted by molar-refractivity contribution is 0.129. The molecule has 2 aliphatic rings. The molecular formula is C17H19N3O4. The minimum Gasteiger partial charge on any atom is -0.481 e. The molecule has 0 bridgehead atoms. The van der Waals surface area contributed by atoms with Gasteiger partial charge in [0.2, 0.25) is 18.6 Å². The van der Waals surface area contributed by atoms with E-state index in [4.69, 9.17) is 14.2 Å². The van der Waals surface area contributed by atoms with Crippen LogP contribution in [0, 0.1) is 0 Å². The average Bonchev–Trinajstić information content (AvgIpc) is 3.09. The first-order valence-corrected chi connectivity index (χ1v) is 7.94. The van der Waals surface area contributed by atoms with Gasteiger partial charge in [-0.2, -0.15) is 4.98 Å². The Morgan fingerprint density at radius 2 is 2.12 bits per heavy atom. The standard InChI is InChI=1S/C17H19N3O4/c1-22-16-4-6-18-17(19-16)20-7-5-12(13(21)9-20)11-2-3-14-15(8-11)24-10-23-14/h2-4,6,8,12-13,21H,5,7,9-10H2,1H3/t12-,13+/m0/s1. The molecule has 2 atom stereocenters. The number of β-amino-alcohol motifs (C(OH)–C–C–N with tert-alkyl or cyclic N) is 1. The Labute approximate surface area is 139 Å². The molecule has 1 aromatic heterocycles. The van der Waals surface area contributed by atoms with Crippen LogP contribution in [0.15, 0.2) is 30.5 Å². The zero-order valence-corrected chi connectivity index (χ0v) is 13.4. The summed E-state index contributed by atoms with van der Waals surface area (Å²) in [6.45, 7) is 1.50. The predicted octanol–water partition coefficient (Wildman–Crippen LogP) is 1.57. The van der Waals surface area contributed by atoms with Crippen molar-refractivity contribution in [2.24, 2.45) is 0 Å². The highest BCUT2D eigenvalue weighted by atomic mass is 16.7. The molecule has 126 valence electrons. The third kappa shape index (κ3) is 2.71. The lowest BCUT2D eigenvalue weighted by atomic mass is 9.87. The lowest BCUT2D eigenvalue weighted by Crippen LogP contribution is -2.43. The predicted molar refractivity (Wildman–Crippen MR) is 86.7 cm³/mol. The van der Waals surface area contributed by atoms with E-state index in [2.05, 4.69) is 9.97 Å². The Bertz CT molecular complexity index is 740. The van der Waals surface area contributed by atoms with Crippen LogP contribution in [0.5, 0.6) is 17.4 Å². The molecule has 0 saturated carbocycles. The molecule has 2 aromatic rings. The van der Waals surface area contributed by atoms with Crippen molar-refractivity contribution in [3.05, 3.63) is 36.0 Å². The van der Waals surface area contributed by atoms with E-state index in [1.54, 1.807) is 19.4 Å². The normalized spacial score (nSPS) is 22.5. The minimum atomic E-state index is -0.506. The van der Waals surface area contributed by atoms with Gasteiger partial charge in [0.15, 0.2) is 11.5 Å². The number of piperidine rings is 1. The highest BCUT2D eigenvalue weighted by Crippen LogP contribution is 2.37. The first-order chi connectivity index (χ1) is 11.7. The van der Waals surface area contributed by atoms with E-state index >= 15 is 0 Å². The third-order valence-electron chi connectivity index (χ3n) is 4.52. The summed E-state index contributed by atoms with van der Waals surface area (Å²) >= 11 is 0. The van der Waals surface area contributed by atoms with Gasteiger partial charge in [-0.3, -0.25) is 0 Å². The van der Waals surface area contributed by atoms with Gasteiger partial charge in [0.1, 0.15) is 0 Å². The van der Waals surface area contributed by atoms with Crippen molar-refractivity contribution in [2.75, 3.05) is 31.9 Å². The van der Waals surface area contributed by atoms with E-state index in [-0.39, 0.29) is 12.7 Å². The molecule has 7 nitrogen and oxygen atoms in total. The van der Waals surface area contributed by atoms with Crippen molar-refractivity contribution in [3.8, 4) is 17.4 Å².